The van der Waals surface area contributed by atoms with E-state index in [1.165, 1.54) is 7.11 Å². The van der Waals surface area contributed by atoms with Gasteiger partial charge in [-0.05, 0) is 65.2 Å². The summed E-state index contributed by atoms with van der Waals surface area (Å²) in [5.74, 6) is -0.409. The molecule has 0 unspecified atom stereocenters. The van der Waals surface area contributed by atoms with Gasteiger partial charge in [-0.1, -0.05) is 53.5 Å². The quantitative estimate of drug-likeness (QED) is 0.274. The molecule has 1 aliphatic heterocycles. The van der Waals surface area contributed by atoms with Crippen molar-refractivity contribution in [3.8, 4) is 11.5 Å². The van der Waals surface area contributed by atoms with Crippen molar-refractivity contribution in [1.82, 2.24) is 5.32 Å². The minimum atomic E-state index is -0.686. The molecule has 0 amide bonds. The number of dihydropyridines is 1. The number of ketones is 1. The van der Waals surface area contributed by atoms with Crippen LogP contribution in [-0.4, -0.2) is 25.5 Å². The second-order valence-electron chi connectivity index (χ2n) is 9.05. The van der Waals surface area contributed by atoms with Gasteiger partial charge < -0.3 is 19.5 Å². The van der Waals surface area contributed by atoms with Crippen LogP contribution >= 0.6 is 39.1 Å². The maximum absolute atomic E-state index is 13.7. The highest BCUT2D eigenvalue weighted by Gasteiger charge is 2.43. The Morgan fingerprint density at radius 2 is 1.79 bits per heavy atom. The number of carbonyl (C=O) groups excluding carboxylic acids is 2. The maximum Gasteiger partial charge on any atom is 0.336 e. The number of hydrogen-bond acceptors (Lipinski definition) is 6. The smallest absolute Gasteiger partial charge is 0.336 e. The van der Waals surface area contributed by atoms with Gasteiger partial charge in [0.05, 0.1) is 39.5 Å². The standard InChI is InChI=1S/C30H24BrCl2NO5/c1-4-38-30(36)24-15(2)34-27-18-7-5-6-8-19(18)28(35)26(27)25(24)17-12-20(31)29(23(13-17)37-3)39-14-16-9-10-21(32)22(33)11-16/h5-13,25,34H,4,14H2,1-3H3/t25-/m1/s1. The zero-order valence-corrected chi connectivity index (χ0v) is 24.5. The molecule has 6 nitrogen and oxygen atoms in total. The van der Waals surface area contributed by atoms with Gasteiger partial charge in [0.1, 0.15) is 6.61 Å². The number of methoxy groups -OCH3 is 1. The van der Waals surface area contributed by atoms with Crippen molar-refractivity contribution in [1.29, 1.82) is 0 Å². The van der Waals surface area contributed by atoms with Crippen molar-refractivity contribution in [2.24, 2.45) is 0 Å². The van der Waals surface area contributed by atoms with E-state index in [1.54, 1.807) is 31.2 Å². The Morgan fingerprint density at radius 1 is 1.05 bits per heavy atom. The van der Waals surface area contributed by atoms with Crippen molar-refractivity contribution >= 4 is 56.6 Å². The number of allylic oxidation sites excluding steroid dienone is 2. The fourth-order valence-electron chi connectivity index (χ4n) is 4.97. The third-order valence-corrected chi connectivity index (χ3v) is 8.02. The number of carbonyl (C=O) groups is 2. The average Bonchev–Trinajstić information content (AvgIpc) is 3.20. The number of esters is 1. The summed E-state index contributed by atoms with van der Waals surface area (Å²) < 4.78 is 17.8. The average molecular weight is 629 g/mol. The van der Waals surface area contributed by atoms with Crippen LogP contribution in [0.4, 0.5) is 0 Å². The topological polar surface area (TPSA) is 73.9 Å². The normalized spacial score (nSPS) is 16.1. The Morgan fingerprint density at radius 3 is 2.49 bits per heavy atom. The zero-order valence-electron chi connectivity index (χ0n) is 21.4. The first-order chi connectivity index (χ1) is 18.7. The number of hydrogen-bond donors (Lipinski definition) is 1. The first-order valence-corrected chi connectivity index (χ1v) is 13.8. The predicted molar refractivity (Wildman–Crippen MR) is 154 cm³/mol. The van der Waals surface area contributed by atoms with Gasteiger partial charge in [0, 0.05) is 28.3 Å². The molecule has 0 saturated heterocycles. The molecule has 0 aromatic heterocycles. The lowest BCUT2D eigenvalue weighted by Crippen LogP contribution is -2.29. The predicted octanol–water partition coefficient (Wildman–Crippen LogP) is 7.48. The molecule has 1 heterocycles. The van der Waals surface area contributed by atoms with Gasteiger partial charge in [0.2, 0.25) is 0 Å². The van der Waals surface area contributed by atoms with Crippen LogP contribution in [0, 0.1) is 0 Å². The molecule has 0 saturated carbocycles. The highest BCUT2D eigenvalue weighted by atomic mass is 79.9. The maximum atomic E-state index is 13.7. The first-order valence-electron chi connectivity index (χ1n) is 12.2. The molecule has 0 bridgehead atoms. The Hall–Kier alpha value is -3.26. The lowest BCUT2D eigenvalue weighted by Gasteiger charge is -2.30. The van der Waals surface area contributed by atoms with Crippen LogP contribution in [0.3, 0.4) is 0 Å². The summed E-state index contributed by atoms with van der Waals surface area (Å²) in [7, 11) is 1.54. The van der Waals surface area contributed by atoms with E-state index in [1.807, 2.05) is 37.3 Å². The van der Waals surface area contributed by atoms with Gasteiger partial charge in [-0.3, -0.25) is 4.79 Å². The Balaban J connectivity index is 1.59. The third-order valence-electron chi connectivity index (χ3n) is 6.70. The molecule has 1 atom stereocenters. The zero-order chi connectivity index (χ0) is 27.8. The minimum absolute atomic E-state index is 0.137. The largest absolute Gasteiger partial charge is 0.493 e. The van der Waals surface area contributed by atoms with Crippen LogP contribution in [-0.2, 0) is 16.1 Å². The van der Waals surface area contributed by atoms with E-state index >= 15 is 0 Å². The minimum Gasteiger partial charge on any atom is -0.493 e. The van der Waals surface area contributed by atoms with Crippen LogP contribution in [0.5, 0.6) is 11.5 Å². The summed E-state index contributed by atoms with van der Waals surface area (Å²) in [5.41, 5.74) is 5.07. The van der Waals surface area contributed by atoms with E-state index in [4.69, 9.17) is 37.4 Å². The summed E-state index contributed by atoms with van der Waals surface area (Å²) in [6, 6.07) is 16.3. The molecule has 0 radical (unpaired) electrons. The van der Waals surface area contributed by atoms with E-state index in [0.29, 0.717) is 59.7 Å². The summed E-state index contributed by atoms with van der Waals surface area (Å²) in [6.45, 7) is 3.99. The Kier molecular flexibility index (Phi) is 7.76. The lowest BCUT2D eigenvalue weighted by molar-refractivity contribution is -0.138. The molecule has 200 valence electrons. The van der Waals surface area contributed by atoms with Crippen molar-refractivity contribution in [2.45, 2.75) is 26.4 Å². The van der Waals surface area contributed by atoms with Gasteiger partial charge in [-0.15, -0.1) is 0 Å². The van der Waals surface area contributed by atoms with Crippen LogP contribution in [0.1, 0.15) is 46.8 Å². The number of Topliss-reactive ketones (excluding diaryl/α,β-unsaturated/α-hetero) is 1. The van der Waals surface area contributed by atoms with Crippen LogP contribution in [0.15, 0.2) is 75.9 Å². The molecule has 0 fully saturated rings. The van der Waals surface area contributed by atoms with Crippen molar-refractivity contribution in [3.05, 3.63) is 108 Å². The molecule has 9 heteroatoms. The SMILES string of the molecule is CCOC(=O)C1=C(C)NC2=C(C(=O)c3ccccc32)[C@@H]1c1cc(Br)c(OCc2ccc(Cl)c(Cl)c2)c(OC)c1. The summed E-state index contributed by atoms with van der Waals surface area (Å²) in [6.07, 6.45) is 0. The number of nitrogens with one attached hydrogen (secondary N) is 1. The van der Waals surface area contributed by atoms with Crippen LogP contribution < -0.4 is 14.8 Å². The van der Waals surface area contributed by atoms with Crippen molar-refractivity contribution < 1.29 is 23.8 Å². The number of benzene rings is 3. The number of halogens is 3. The van der Waals surface area contributed by atoms with Gasteiger partial charge in [0.15, 0.2) is 17.3 Å². The molecule has 0 spiro atoms. The molecule has 1 aliphatic carbocycles. The van der Waals surface area contributed by atoms with Crippen LogP contribution in [0.2, 0.25) is 10.0 Å². The monoisotopic (exact) mass is 627 g/mol. The highest BCUT2D eigenvalue weighted by Crippen LogP contribution is 2.49. The van der Waals surface area contributed by atoms with Crippen molar-refractivity contribution in [3.63, 3.8) is 0 Å². The molecular weight excluding hydrogens is 605 g/mol. The molecule has 3 aromatic rings. The number of fused-ring (bicyclic) bond motifs is 2. The Labute approximate surface area is 244 Å². The van der Waals surface area contributed by atoms with Gasteiger partial charge >= 0.3 is 5.97 Å². The molecule has 5 rings (SSSR count). The fraction of sp³-hybridized carbons (Fsp3) is 0.200. The fourth-order valence-corrected chi connectivity index (χ4v) is 5.87. The van der Waals surface area contributed by atoms with E-state index in [-0.39, 0.29) is 19.0 Å². The van der Waals surface area contributed by atoms with E-state index < -0.39 is 11.9 Å². The van der Waals surface area contributed by atoms with Crippen LogP contribution in [0.25, 0.3) is 5.70 Å². The lowest BCUT2D eigenvalue weighted by atomic mass is 9.79. The summed E-state index contributed by atoms with van der Waals surface area (Å²) in [5, 5.41) is 4.20. The van der Waals surface area contributed by atoms with Crippen molar-refractivity contribution in [2.75, 3.05) is 13.7 Å². The second kappa shape index (κ2) is 11.1. The summed E-state index contributed by atoms with van der Waals surface area (Å²) >= 11 is 15.8. The summed E-state index contributed by atoms with van der Waals surface area (Å²) in [4.78, 5) is 26.9. The van der Waals surface area contributed by atoms with E-state index in [0.717, 1.165) is 11.1 Å². The third kappa shape index (κ3) is 4.95. The van der Waals surface area contributed by atoms with E-state index in [9.17, 15) is 9.59 Å². The Bertz CT molecular complexity index is 1580. The second-order valence-corrected chi connectivity index (χ2v) is 10.7. The highest BCUT2D eigenvalue weighted by molar-refractivity contribution is 9.10. The number of ether oxygens (including phenoxy) is 3. The van der Waals surface area contributed by atoms with Gasteiger partial charge in [0.25, 0.3) is 0 Å². The molecular formula is C30H24BrCl2NO5. The van der Waals surface area contributed by atoms with E-state index in [2.05, 4.69) is 21.2 Å². The molecule has 3 aromatic carbocycles. The molecule has 1 N–H and O–H groups in total. The molecule has 2 aliphatic rings. The van der Waals surface area contributed by atoms with Gasteiger partial charge in [-0.2, -0.15) is 0 Å². The molecule has 39 heavy (non-hydrogen) atoms. The number of rotatable bonds is 7. The van der Waals surface area contributed by atoms with Gasteiger partial charge in [-0.25, -0.2) is 4.79 Å². The first kappa shape index (κ1) is 27.3.